The summed E-state index contributed by atoms with van der Waals surface area (Å²) in [5.41, 5.74) is 6.53. The molecular weight excluding hydrogens is 450 g/mol. The number of carbonyl (C=O) groups is 1. The fourth-order valence-electron chi connectivity index (χ4n) is 4.21. The smallest absolute Gasteiger partial charge is 0.257 e. The van der Waals surface area contributed by atoms with E-state index in [2.05, 4.69) is 48.0 Å². The maximum atomic E-state index is 12.3. The van der Waals surface area contributed by atoms with E-state index in [1.165, 1.54) is 5.56 Å². The normalized spacial score (nSPS) is 11.0. The largest absolute Gasteiger partial charge is 0.491 e. The predicted molar refractivity (Wildman–Crippen MR) is 144 cm³/mol. The number of nitrogens with zero attached hydrogens (tertiary/aromatic N) is 2. The average molecular weight is 486 g/mol. The van der Waals surface area contributed by atoms with Crippen LogP contribution in [0.4, 0.5) is 0 Å². The molecule has 3 aromatic carbocycles. The third-order valence-electron chi connectivity index (χ3n) is 6.25. The molecule has 1 amide bonds. The molecule has 6 nitrogen and oxygen atoms in total. The van der Waals surface area contributed by atoms with Crippen molar-refractivity contribution in [2.75, 3.05) is 19.8 Å². The third-order valence-corrected chi connectivity index (χ3v) is 6.25. The molecule has 4 rings (SSSR count). The Hall–Kier alpha value is -3.80. The number of para-hydroxylation sites is 2. The number of hydrogen-bond acceptors (Lipinski definition) is 4. The van der Waals surface area contributed by atoms with Gasteiger partial charge in [-0.25, -0.2) is 4.98 Å². The Balaban J connectivity index is 1.30. The molecule has 36 heavy (non-hydrogen) atoms. The molecule has 0 bridgehead atoms. The fraction of sp³-hybridized carbons (Fsp3) is 0.333. The number of hydrogen-bond donors (Lipinski definition) is 1. The lowest BCUT2D eigenvalue weighted by molar-refractivity contribution is -0.123. The zero-order valence-electron chi connectivity index (χ0n) is 21.6. The van der Waals surface area contributed by atoms with E-state index in [9.17, 15) is 4.79 Å². The molecule has 188 valence electrons. The number of rotatable bonds is 11. The van der Waals surface area contributed by atoms with Crippen molar-refractivity contribution in [3.05, 3.63) is 88.7 Å². The lowest BCUT2D eigenvalue weighted by Gasteiger charge is -2.13. The van der Waals surface area contributed by atoms with E-state index < -0.39 is 0 Å². The summed E-state index contributed by atoms with van der Waals surface area (Å²) in [6.45, 7) is 9.97. The Morgan fingerprint density at radius 1 is 0.889 bits per heavy atom. The van der Waals surface area contributed by atoms with Crippen LogP contribution in [0.25, 0.3) is 11.0 Å². The third kappa shape index (κ3) is 6.45. The number of fused-ring (bicyclic) bond motifs is 1. The van der Waals surface area contributed by atoms with E-state index in [4.69, 9.17) is 14.5 Å². The first-order valence-electron chi connectivity index (χ1n) is 12.5. The molecule has 0 atom stereocenters. The van der Waals surface area contributed by atoms with Crippen LogP contribution in [0.3, 0.4) is 0 Å². The second kappa shape index (κ2) is 11.8. The molecule has 0 aliphatic rings. The second-order valence-corrected chi connectivity index (χ2v) is 9.30. The quantitative estimate of drug-likeness (QED) is 0.286. The van der Waals surface area contributed by atoms with Crippen molar-refractivity contribution in [2.45, 2.75) is 47.1 Å². The van der Waals surface area contributed by atoms with Gasteiger partial charge in [0.25, 0.3) is 5.91 Å². The van der Waals surface area contributed by atoms with Gasteiger partial charge in [0.15, 0.2) is 6.61 Å². The highest BCUT2D eigenvalue weighted by atomic mass is 16.5. The molecule has 0 fully saturated rings. The fourth-order valence-corrected chi connectivity index (χ4v) is 4.21. The topological polar surface area (TPSA) is 65.4 Å². The highest BCUT2D eigenvalue weighted by Crippen LogP contribution is 2.21. The Morgan fingerprint density at radius 3 is 2.28 bits per heavy atom. The molecule has 0 spiro atoms. The summed E-state index contributed by atoms with van der Waals surface area (Å²) < 4.78 is 14.0. The van der Waals surface area contributed by atoms with Crippen molar-refractivity contribution >= 4 is 16.9 Å². The Kier molecular flexibility index (Phi) is 8.26. The summed E-state index contributed by atoms with van der Waals surface area (Å²) in [6.07, 6.45) is 1.55. The number of carbonyl (C=O) groups excluding carboxylic acids is 1. The van der Waals surface area contributed by atoms with Crippen molar-refractivity contribution in [2.24, 2.45) is 0 Å². The van der Waals surface area contributed by atoms with Gasteiger partial charge in [0.05, 0.1) is 17.6 Å². The first-order valence-corrected chi connectivity index (χ1v) is 12.5. The highest BCUT2D eigenvalue weighted by Gasteiger charge is 2.11. The van der Waals surface area contributed by atoms with Gasteiger partial charge in [-0.05, 0) is 80.6 Å². The van der Waals surface area contributed by atoms with Gasteiger partial charge in [-0.3, -0.25) is 4.79 Å². The van der Waals surface area contributed by atoms with Crippen LogP contribution in [0.2, 0.25) is 0 Å². The van der Waals surface area contributed by atoms with Crippen LogP contribution in [0.5, 0.6) is 11.5 Å². The Labute approximate surface area is 213 Å². The van der Waals surface area contributed by atoms with Crippen LogP contribution in [0, 0.1) is 27.7 Å². The van der Waals surface area contributed by atoms with Crippen LogP contribution < -0.4 is 14.8 Å². The SMILES string of the molecule is Cc1ccc(C)c(OCCn2c(CCCNC(=O)COc3cc(C)ccc3C)nc3ccccc32)c1. The Morgan fingerprint density at radius 2 is 1.56 bits per heavy atom. The van der Waals surface area contributed by atoms with Gasteiger partial charge in [0.2, 0.25) is 0 Å². The molecule has 6 heteroatoms. The second-order valence-electron chi connectivity index (χ2n) is 9.30. The minimum absolute atomic E-state index is 0.0124. The molecule has 0 aliphatic heterocycles. The Bertz CT molecular complexity index is 1340. The highest BCUT2D eigenvalue weighted by molar-refractivity contribution is 5.77. The van der Waals surface area contributed by atoms with Gasteiger partial charge in [-0.1, -0.05) is 36.4 Å². The van der Waals surface area contributed by atoms with Crippen molar-refractivity contribution in [1.29, 1.82) is 0 Å². The van der Waals surface area contributed by atoms with Gasteiger partial charge < -0.3 is 19.4 Å². The van der Waals surface area contributed by atoms with Crippen molar-refractivity contribution in [3.8, 4) is 11.5 Å². The van der Waals surface area contributed by atoms with Gasteiger partial charge in [0, 0.05) is 13.0 Å². The number of nitrogens with one attached hydrogen (secondary N) is 1. The van der Waals surface area contributed by atoms with Crippen molar-refractivity contribution in [1.82, 2.24) is 14.9 Å². The molecular formula is C30H35N3O3. The maximum Gasteiger partial charge on any atom is 0.257 e. The molecule has 0 saturated carbocycles. The molecule has 0 radical (unpaired) electrons. The van der Waals surface area contributed by atoms with E-state index in [-0.39, 0.29) is 12.5 Å². The van der Waals surface area contributed by atoms with Gasteiger partial charge in [-0.15, -0.1) is 0 Å². The van der Waals surface area contributed by atoms with E-state index in [0.29, 0.717) is 19.7 Å². The number of ether oxygens (including phenoxy) is 2. The van der Waals surface area contributed by atoms with Crippen LogP contribution in [0.1, 0.15) is 34.5 Å². The van der Waals surface area contributed by atoms with Gasteiger partial charge in [0.1, 0.15) is 23.9 Å². The summed E-state index contributed by atoms with van der Waals surface area (Å²) in [5, 5.41) is 2.96. The maximum absolute atomic E-state index is 12.3. The van der Waals surface area contributed by atoms with E-state index >= 15 is 0 Å². The van der Waals surface area contributed by atoms with Crippen molar-refractivity contribution < 1.29 is 14.3 Å². The van der Waals surface area contributed by atoms with Gasteiger partial charge >= 0.3 is 0 Å². The zero-order valence-corrected chi connectivity index (χ0v) is 21.6. The lowest BCUT2D eigenvalue weighted by Crippen LogP contribution is -2.30. The average Bonchev–Trinajstić information content (AvgIpc) is 3.22. The summed E-state index contributed by atoms with van der Waals surface area (Å²) >= 11 is 0. The number of amides is 1. The first kappa shape index (κ1) is 25.3. The minimum Gasteiger partial charge on any atom is -0.491 e. The summed E-state index contributed by atoms with van der Waals surface area (Å²) in [6, 6.07) is 20.4. The molecule has 0 saturated heterocycles. The summed E-state index contributed by atoms with van der Waals surface area (Å²) in [7, 11) is 0. The molecule has 4 aromatic rings. The first-order chi connectivity index (χ1) is 17.4. The summed E-state index contributed by atoms with van der Waals surface area (Å²) in [4.78, 5) is 17.1. The number of aryl methyl sites for hydroxylation is 5. The number of imidazole rings is 1. The van der Waals surface area contributed by atoms with Crippen LogP contribution in [-0.4, -0.2) is 35.2 Å². The van der Waals surface area contributed by atoms with Crippen LogP contribution >= 0.6 is 0 Å². The lowest BCUT2D eigenvalue weighted by atomic mass is 10.1. The molecule has 0 unspecified atom stereocenters. The van der Waals surface area contributed by atoms with E-state index in [1.807, 2.05) is 50.2 Å². The predicted octanol–water partition coefficient (Wildman–Crippen LogP) is 5.48. The summed E-state index contributed by atoms with van der Waals surface area (Å²) in [5.74, 6) is 2.56. The molecule has 1 N–H and O–H groups in total. The standard InChI is InChI=1S/C30H35N3O3/c1-21-11-13-23(3)27(18-21)35-17-16-33-26-9-6-5-8-25(26)32-29(33)10-7-15-31-30(34)20-36-28-19-22(2)12-14-24(28)4/h5-6,8-9,11-14,18-19H,7,10,15-17,20H2,1-4H3,(H,31,34). The minimum atomic E-state index is -0.119. The van der Waals surface area contributed by atoms with Crippen LogP contribution in [-0.2, 0) is 17.8 Å². The number of benzene rings is 3. The zero-order chi connectivity index (χ0) is 25.5. The van der Waals surface area contributed by atoms with Crippen LogP contribution in [0.15, 0.2) is 60.7 Å². The number of aromatic nitrogens is 2. The van der Waals surface area contributed by atoms with Gasteiger partial charge in [-0.2, -0.15) is 0 Å². The van der Waals surface area contributed by atoms with Crippen molar-refractivity contribution in [3.63, 3.8) is 0 Å². The van der Waals surface area contributed by atoms with E-state index in [0.717, 1.165) is 57.9 Å². The van der Waals surface area contributed by atoms with E-state index in [1.54, 1.807) is 0 Å². The molecule has 1 aromatic heterocycles. The molecule has 0 aliphatic carbocycles. The monoisotopic (exact) mass is 485 g/mol. The molecule has 1 heterocycles.